The van der Waals surface area contributed by atoms with Crippen LogP contribution >= 0.6 is 23.2 Å². The highest BCUT2D eigenvalue weighted by Gasteiger charge is 2.30. The number of hydrogen-bond acceptors (Lipinski definition) is 2. The standard InChI is InChI=1S/C10H10Cl2N2O/c1-14(7-2-3-7)10(15)6-4-8(11)9(12)13-5-6/h4-5,7H,2-3H2,1H3. The van der Waals surface area contributed by atoms with Gasteiger partial charge in [-0.05, 0) is 18.9 Å². The summed E-state index contributed by atoms with van der Waals surface area (Å²) in [5.74, 6) is -0.0523. The second kappa shape index (κ2) is 3.99. The molecular formula is C10H10Cl2N2O. The average Bonchev–Trinajstić information content (AvgIpc) is 3.03. The summed E-state index contributed by atoms with van der Waals surface area (Å²) in [6, 6.07) is 1.94. The highest BCUT2D eigenvalue weighted by atomic mass is 35.5. The van der Waals surface area contributed by atoms with Crippen LogP contribution in [0.25, 0.3) is 0 Å². The summed E-state index contributed by atoms with van der Waals surface area (Å²) in [7, 11) is 1.79. The summed E-state index contributed by atoms with van der Waals surface area (Å²) in [6.45, 7) is 0. The fourth-order valence-corrected chi connectivity index (χ4v) is 1.64. The van der Waals surface area contributed by atoms with Crippen molar-refractivity contribution < 1.29 is 4.79 Å². The van der Waals surface area contributed by atoms with E-state index in [0.717, 1.165) is 12.8 Å². The number of amides is 1. The lowest BCUT2D eigenvalue weighted by atomic mass is 10.2. The van der Waals surface area contributed by atoms with Crippen molar-refractivity contribution in [3.05, 3.63) is 28.0 Å². The van der Waals surface area contributed by atoms with Crippen molar-refractivity contribution >= 4 is 29.1 Å². The molecule has 0 saturated heterocycles. The molecule has 0 aliphatic heterocycles. The van der Waals surface area contributed by atoms with Crippen molar-refractivity contribution in [2.75, 3.05) is 7.05 Å². The van der Waals surface area contributed by atoms with Gasteiger partial charge in [-0.2, -0.15) is 0 Å². The molecule has 0 unspecified atom stereocenters. The maximum atomic E-state index is 11.9. The van der Waals surface area contributed by atoms with Crippen molar-refractivity contribution in [1.29, 1.82) is 0 Å². The molecule has 3 nitrogen and oxygen atoms in total. The number of carbonyl (C=O) groups is 1. The van der Waals surface area contributed by atoms with Crippen LogP contribution in [0.2, 0.25) is 10.2 Å². The minimum atomic E-state index is -0.0523. The lowest BCUT2D eigenvalue weighted by Crippen LogP contribution is -2.28. The van der Waals surface area contributed by atoms with Crippen molar-refractivity contribution in [1.82, 2.24) is 9.88 Å². The van der Waals surface area contributed by atoms with Crippen LogP contribution in [-0.2, 0) is 0 Å². The van der Waals surface area contributed by atoms with Crippen LogP contribution in [-0.4, -0.2) is 28.9 Å². The van der Waals surface area contributed by atoms with E-state index >= 15 is 0 Å². The molecular weight excluding hydrogens is 235 g/mol. The molecule has 0 spiro atoms. The molecule has 1 aliphatic carbocycles. The Bertz CT molecular complexity index is 404. The molecule has 0 bridgehead atoms. The lowest BCUT2D eigenvalue weighted by Gasteiger charge is -2.15. The first-order valence-corrected chi connectivity index (χ1v) is 5.43. The van der Waals surface area contributed by atoms with E-state index in [2.05, 4.69) is 4.98 Å². The van der Waals surface area contributed by atoms with Gasteiger partial charge in [-0.3, -0.25) is 4.79 Å². The maximum absolute atomic E-state index is 11.9. The van der Waals surface area contributed by atoms with Crippen LogP contribution in [0.5, 0.6) is 0 Å². The van der Waals surface area contributed by atoms with Crippen LogP contribution < -0.4 is 0 Å². The summed E-state index contributed by atoms with van der Waals surface area (Å²) in [6.07, 6.45) is 3.61. The lowest BCUT2D eigenvalue weighted by molar-refractivity contribution is 0.0784. The summed E-state index contributed by atoms with van der Waals surface area (Å²) in [4.78, 5) is 17.4. The number of rotatable bonds is 2. The van der Waals surface area contributed by atoms with Gasteiger partial charge < -0.3 is 4.90 Å². The third kappa shape index (κ3) is 2.24. The van der Waals surface area contributed by atoms with Crippen LogP contribution in [0, 0.1) is 0 Å². The topological polar surface area (TPSA) is 33.2 Å². The van der Waals surface area contributed by atoms with Crippen molar-refractivity contribution in [3.63, 3.8) is 0 Å². The van der Waals surface area contributed by atoms with Crippen LogP contribution in [0.3, 0.4) is 0 Å². The van der Waals surface area contributed by atoms with Crippen molar-refractivity contribution in [2.45, 2.75) is 18.9 Å². The summed E-state index contributed by atoms with van der Waals surface area (Å²) in [5, 5.41) is 0.536. The number of halogens is 2. The summed E-state index contributed by atoms with van der Waals surface area (Å²) < 4.78 is 0. The molecule has 1 fully saturated rings. The SMILES string of the molecule is CN(C(=O)c1cnc(Cl)c(Cl)c1)C1CC1. The Morgan fingerprint density at radius 1 is 1.53 bits per heavy atom. The van der Waals surface area contributed by atoms with Crippen LogP contribution in [0.1, 0.15) is 23.2 Å². The van der Waals surface area contributed by atoms with E-state index in [-0.39, 0.29) is 11.1 Å². The van der Waals surface area contributed by atoms with Crippen LogP contribution in [0.4, 0.5) is 0 Å². The Hall–Kier alpha value is -0.800. The maximum Gasteiger partial charge on any atom is 0.255 e. The second-order valence-corrected chi connectivity index (χ2v) is 4.41. The van der Waals surface area contributed by atoms with Gasteiger partial charge >= 0.3 is 0 Å². The number of pyridine rings is 1. The fraction of sp³-hybridized carbons (Fsp3) is 0.400. The third-order valence-electron chi connectivity index (χ3n) is 2.46. The zero-order chi connectivity index (χ0) is 11.0. The molecule has 80 valence electrons. The molecule has 5 heteroatoms. The van der Waals surface area contributed by atoms with Gasteiger partial charge in [0, 0.05) is 19.3 Å². The largest absolute Gasteiger partial charge is 0.339 e. The van der Waals surface area contributed by atoms with Gasteiger partial charge in [0.05, 0.1) is 10.6 Å². The molecule has 1 saturated carbocycles. The van der Waals surface area contributed by atoms with Gasteiger partial charge in [0.2, 0.25) is 0 Å². The van der Waals surface area contributed by atoms with E-state index < -0.39 is 0 Å². The molecule has 0 N–H and O–H groups in total. The number of carbonyl (C=O) groups excluding carboxylic acids is 1. The molecule has 1 amide bonds. The van der Waals surface area contributed by atoms with Gasteiger partial charge in [-0.25, -0.2) is 4.98 Å². The van der Waals surface area contributed by atoms with E-state index in [4.69, 9.17) is 23.2 Å². The van der Waals surface area contributed by atoms with Gasteiger partial charge in [-0.1, -0.05) is 23.2 Å². The Labute approximate surface area is 98.0 Å². The first-order chi connectivity index (χ1) is 7.09. The quantitative estimate of drug-likeness (QED) is 0.750. The Morgan fingerprint density at radius 3 is 2.73 bits per heavy atom. The number of hydrogen-bond donors (Lipinski definition) is 0. The van der Waals surface area contributed by atoms with Crippen LogP contribution in [0.15, 0.2) is 12.3 Å². The Balaban J connectivity index is 2.21. The molecule has 1 heterocycles. The minimum Gasteiger partial charge on any atom is -0.339 e. The second-order valence-electron chi connectivity index (χ2n) is 3.64. The fourth-order valence-electron chi connectivity index (χ4n) is 1.37. The van der Waals surface area contributed by atoms with Gasteiger partial charge in [0.15, 0.2) is 0 Å². The summed E-state index contributed by atoms with van der Waals surface area (Å²) >= 11 is 11.5. The molecule has 0 radical (unpaired) electrons. The van der Waals surface area contributed by atoms with Crippen molar-refractivity contribution in [3.8, 4) is 0 Å². The Morgan fingerprint density at radius 2 is 2.20 bits per heavy atom. The van der Waals surface area contributed by atoms with E-state index in [0.29, 0.717) is 16.6 Å². The zero-order valence-electron chi connectivity index (χ0n) is 8.20. The normalized spacial score (nSPS) is 15.1. The van der Waals surface area contributed by atoms with E-state index in [1.165, 1.54) is 6.20 Å². The molecule has 0 aromatic carbocycles. The minimum absolute atomic E-state index is 0.0523. The molecule has 0 atom stereocenters. The Kier molecular flexibility index (Phi) is 2.85. The molecule has 2 rings (SSSR count). The molecule has 1 aromatic heterocycles. The van der Waals surface area contributed by atoms with E-state index in [1.54, 1.807) is 18.0 Å². The number of aromatic nitrogens is 1. The predicted molar refractivity (Wildman–Crippen MR) is 59.4 cm³/mol. The smallest absolute Gasteiger partial charge is 0.255 e. The van der Waals surface area contributed by atoms with Crippen molar-refractivity contribution in [2.24, 2.45) is 0 Å². The average molecular weight is 245 g/mol. The highest BCUT2D eigenvalue weighted by molar-refractivity contribution is 6.41. The summed E-state index contributed by atoms with van der Waals surface area (Å²) in [5.41, 5.74) is 0.485. The van der Waals surface area contributed by atoms with Gasteiger partial charge in [-0.15, -0.1) is 0 Å². The third-order valence-corrected chi connectivity index (χ3v) is 3.14. The van der Waals surface area contributed by atoms with E-state index in [1.807, 2.05) is 0 Å². The van der Waals surface area contributed by atoms with Gasteiger partial charge in [0.25, 0.3) is 5.91 Å². The predicted octanol–water partition coefficient (Wildman–Crippen LogP) is 2.62. The first-order valence-electron chi connectivity index (χ1n) is 4.68. The molecule has 1 aromatic rings. The molecule has 1 aliphatic rings. The monoisotopic (exact) mass is 244 g/mol. The highest BCUT2D eigenvalue weighted by Crippen LogP contribution is 2.27. The van der Waals surface area contributed by atoms with Gasteiger partial charge in [0.1, 0.15) is 5.15 Å². The number of nitrogens with zero attached hydrogens (tertiary/aromatic N) is 2. The first kappa shape index (κ1) is 10.7. The molecule has 15 heavy (non-hydrogen) atoms. The van der Waals surface area contributed by atoms with E-state index in [9.17, 15) is 4.79 Å². The zero-order valence-corrected chi connectivity index (χ0v) is 9.72.